The summed E-state index contributed by atoms with van der Waals surface area (Å²) in [6.45, 7) is 3.98. The molecule has 0 spiro atoms. The SMILES string of the molecule is COc1cc(C(=O)NCc2ccc(-n3cncn3)cc2)ccc1OCC(=O)NC(C)C. The van der Waals surface area contributed by atoms with E-state index < -0.39 is 0 Å². The number of nitrogens with zero attached hydrogens (tertiary/aromatic N) is 3. The molecule has 3 rings (SSSR count). The number of ether oxygens (including phenoxy) is 2. The van der Waals surface area contributed by atoms with Crippen LogP contribution >= 0.6 is 0 Å². The van der Waals surface area contributed by atoms with Gasteiger partial charge in [-0.1, -0.05) is 12.1 Å². The Bertz CT molecular complexity index is 1020. The number of rotatable bonds is 9. The minimum Gasteiger partial charge on any atom is -0.493 e. The molecule has 2 amide bonds. The molecule has 31 heavy (non-hydrogen) atoms. The molecule has 2 aromatic carbocycles. The highest BCUT2D eigenvalue weighted by Gasteiger charge is 2.13. The minimum absolute atomic E-state index is 0.0304. The maximum atomic E-state index is 12.5. The van der Waals surface area contributed by atoms with Crippen LogP contribution in [0.4, 0.5) is 0 Å². The molecule has 0 radical (unpaired) electrons. The predicted octanol–water partition coefficient (Wildman–Crippen LogP) is 2.11. The fraction of sp³-hybridized carbons (Fsp3) is 0.273. The smallest absolute Gasteiger partial charge is 0.258 e. The summed E-state index contributed by atoms with van der Waals surface area (Å²) in [5.41, 5.74) is 2.25. The third kappa shape index (κ3) is 6.05. The Morgan fingerprint density at radius 1 is 1.10 bits per heavy atom. The highest BCUT2D eigenvalue weighted by atomic mass is 16.5. The summed E-state index contributed by atoms with van der Waals surface area (Å²) in [7, 11) is 1.48. The number of carbonyl (C=O) groups excluding carboxylic acids is 2. The van der Waals surface area contributed by atoms with Crippen molar-refractivity contribution in [2.75, 3.05) is 13.7 Å². The first-order chi connectivity index (χ1) is 15.0. The summed E-state index contributed by atoms with van der Waals surface area (Å²) < 4.78 is 12.5. The van der Waals surface area contributed by atoms with Crippen LogP contribution in [0.3, 0.4) is 0 Å². The van der Waals surface area contributed by atoms with Gasteiger partial charge in [0.1, 0.15) is 12.7 Å². The van der Waals surface area contributed by atoms with Crippen molar-refractivity contribution in [3.05, 3.63) is 66.2 Å². The second kappa shape index (κ2) is 10.2. The van der Waals surface area contributed by atoms with Gasteiger partial charge in [-0.3, -0.25) is 9.59 Å². The fourth-order valence-electron chi connectivity index (χ4n) is 2.83. The standard InChI is InChI=1S/C22H25N5O4/c1-15(2)26-21(28)12-31-19-9-6-17(10-20(19)30-3)22(29)24-11-16-4-7-18(8-5-16)27-14-23-13-25-27/h4-10,13-15H,11-12H2,1-3H3,(H,24,29)(H,26,28). The quantitative estimate of drug-likeness (QED) is 0.546. The highest BCUT2D eigenvalue weighted by molar-refractivity contribution is 5.94. The number of hydrogen-bond donors (Lipinski definition) is 2. The summed E-state index contributed by atoms with van der Waals surface area (Å²) in [5, 5.41) is 9.70. The van der Waals surface area contributed by atoms with Gasteiger partial charge >= 0.3 is 0 Å². The van der Waals surface area contributed by atoms with E-state index in [4.69, 9.17) is 9.47 Å². The van der Waals surface area contributed by atoms with Crippen LogP contribution in [0.1, 0.15) is 29.8 Å². The van der Waals surface area contributed by atoms with E-state index in [0.717, 1.165) is 11.3 Å². The average Bonchev–Trinajstić information content (AvgIpc) is 3.30. The lowest BCUT2D eigenvalue weighted by Gasteiger charge is -2.13. The Kier molecular flexibility index (Phi) is 7.21. The van der Waals surface area contributed by atoms with Crippen molar-refractivity contribution in [3.8, 4) is 17.2 Å². The fourth-order valence-corrected chi connectivity index (χ4v) is 2.83. The Balaban J connectivity index is 1.58. The summed E-state index contributed by atoms with van der Waals surface area (Å²) in [5.74, 6) is 0.292. The normalized spacial score (nSPS) is 10.6. The first-order valence-corrected chi connectivity index (χ1v) is 9.78. The Labute approximate surface area is 180 Å². The van der Waals surface area contributed by atoms with E-state index in [1.807, 2.05) is 38.1 Å². The zero-order chi connectivity index (χ0) is 22.2. The number of carbonyl (C=O) groups is 2. The summed E-state index contributed by atoms with van der Waals surface area (Å²) in [4.78, 5) is 28.2. The van der Waals surface area contributed by atoms with Crippen molar-refractivity contribution in [2.24, 2.45) is 0 Å². The van der Waals surface area contributed by atoms with Crippen molar-refractivity contribution in [1.82, 2.24) is 25.4 Å². The molecule has 1 heterocycles. The zero-order valence-electron chi connectivity index (χ0n) is 17.7. The molecule has 0 saturated carbocycles. The summed E-state index contributed by atoms with van der Waals surface area (Å²) in [6.07, 6.45) is 3.09. The van der Waals surface area contributed by atoms with Crippen LogP contribution in [-0.2, 0) is 11.3 Å². The molecule has 0 fully saturated rings. The van der Waals surface area contributed by atoms with Crippen LogP contribution in [0, 0.1) is 0 Å². The van der Waals surface area contributed by atoms with Gasteiger partial charge in [-0.25, -0.2) is 9.67 Å². The third-order valence-corrected chi connectivity index (χ3v) is 4.31. The molecule has 162 valence electrons. The van der Waals surface area contributed by atoms with E-state index in [1.165, 1.54) is 13.4 Å². The van der Waals surface area contributed by atoms with Crippen molar-refractivity contribution >= 4 is 11.8 Å². The summed E-state index contributed by atoms with van der Waals surface area (Å²) >= 11 is 0. The second-order valence-electron chi connectivity index (χ2n) is 7.07. The third-order valence-electron chi connectivity index (χ3n) is 4.31. The predicted molar refractivity (Wildman–Crippen MR) is 114 cm³/mol. The molecule has 0 bridgehead atoms. The van der Waals surface area contributed by atoms with E-state index in [9.17, 15) is 9.59 Å². The monoisotopic (exact) mass is 423 g/mol. The molecule has 9 heteroatoms. The van der Waals surface area contributed by atoms with Crippen molar-refractivity contribution < 1.29 is 19.1 Å². The lowest BCUT2D eigenvalue weighted by Crippen LogP contribution is -2.34. The molecule has 0 aliphatic rings. The molecule has 3 aromatic rings. The first-order valence-electron chi connectivity index (χ1n) is 9.78. The average molecular weight is 423 g/mol. The number of methoxy groups -OCH3 is 1. The van der Waals surface area contributed by atoms with Crippen LogP contribution in [0.5, 0.6) is 11.5 Å². The van der Waals surface area contributed by atoms with E-state index >= 15 is 0 Å². The molecular weight excluding hydrogens is 398 g/mol. The number of amides is 2. The molecule has 0 saturated heterocycles. The molecule has 2 N–H and O–H groups in total. The topological polar surface area (TPSA) is 107 Å². The van der Waals surface area contributed by atoms with Crippen LogP contribution in [0.25, 0.3) is 5.69 Å². The number of nitrogens with one attached hydrogen (secondary N) is 2. The molecular formula is C22H25N5O4. The van der Waals surface area contributed by atoms with Gasteiger partial charge in [0.25, 0.3) is 11.8 Å². The van der Waals surface area contributed by atoms with Gasteiger partial charge in [0, 0.05) is 18.2 Å². The van der Waals surface area contributed by atoms with Crippen LogP contribution in [0.2, 0.25) is 0 Å². The molecule has 0 unspecified atom stereocenters. The van der Waals surface area contributed by atoms with Gasteiger partial charge in [0.2, 0.25) is 0 Å². The molecule has 9 nitrogen and oxygen atoms in total. The highest BCUT2D eigenvalue weighted by Crippen LogP contribution is 2.28. The first kappa shape index (κ1) is 21.8. The van der Waals surface area contributed by atoms with Gasteiger partial charge in [-0.2, -0.15) is 5.10 Å². The largest absolute Gasteiger partial charge is 0.493 e. The molecule has 0 aliphatic carbocycles. The second-order valence-corrected chi connectivity index (χ2v) is 7.07. The number of hydrogen-bond acceptors (Lipinski definition) is 6. The van der Waals surface area contributed by atoms with Crippen molar-refractivity contribution in [3.63, 3.8) is 0 Å². The van der Waals surface area contributed by atoms with Crippen LogP contribution < -0.4 is 20.1 Å². The molecule has 0 aliphatic heterocycles. The summed E-state index contributed by atoms with van der Waals surface area (Å²) in [6, 6.07) is 12.5. The van der Waals surface area contributed by atoms with Crippen molar-refractivity contribution in [2.45, 2.75) is 26.4 Å². The van der Waals surface area contributed by atoms with Crippen LogP contribution in [-0.4, -0.2) is 46.3 Å². The molecule has 1 aromatic heterocycles. The maximum Gasteiger partial charge on any atom is 0.258 e. The maximum absolute atomic E-state index is 12.5. The van der Waals surface area contributed by atoms with Crippen LogP contribution in [0.15, 0.2) is 55.1 Å². The van der Waals surface area contributed by atoms with Gasteiger partial charge in [-0.15, -0.1) is 0 Å². The zero-order valence-corrected chi connectivity index (χ0v) is 17.7. The Morgan fingerprint density at radius 3 is 2.52 bits per heavy atom. The number of aromatic nitrogens is 3. The van der Waals surface area contributed by atoms with Crippen molar-refractivity contribution in [1.29, 1.82) is 0 Å². The van der Waals surface area contributed by atoms with Gasteiger partial charge in [0.15, 0.2) is 18.1 Å². The number of benzene rings is 2. The molecule has 0 atom stereocenters. The van der Waals surface area contributed by atoms with E-state index in [0.29, 0.717) is 23.6 Å². The van der Waals surface area contributed by atoms with E-state index in [-0.39, 0.29) is 24.5 Å². The lowest BCUT2D eigenvalue weighted by molar-refractivity contribution is -0.123. The van der Waals surface area contributed by atoms with Gasteiger partial charge in [0.05, 0.1) is 12.8 Å². The van der Waals surface area contributed by atoms with E-state index in [1.54, 1.807) is 29.2 Å². The lowest BCUT2D eigenvalue weighted by atomic mass is 10.1. The Morgan fingerprint density at radius 2 is 1.87 bits per heavy atom. The van der Waals surface area contributed by atoms with E-state index in [2.05, 4.69) is 20.7 Å². The van der Waals surface area contributed by atoms with Gasteiger partial charge in [-0.05, 0) is 49.7 Å². The Hall–Kier alpha value is -3.88. The minimum atomic E-state index is -0.247. The van der Waals surface area contributed by atoms with Gasteiger partial charge < -0.3 is 20.1 Å².